The van der Waals surface area contributed by atoms with E-state index in [9.17, 15) is 19.2 Å². The van der Waals surface area contributed by atoms with Crippen LogP contribution in [0.25, 0.3) is 0 Å². The van der Waals surface area contributed by atoms with Gasteiger partial charge in [0.05, 0.1) is 36.5 Å². The molecule has 12 heteroatoms. The molecule has 0 aliphatic rings. The fourth-order valence-electron chi connectivity index (χ4n) is 1.77. The first-order valence-electron chi connectivity index (χ1n) is 9.02. The van der Waals surface area contributed by atoms with Gasteiger partial charge < -0.3 is 40.9 Å². The number of aliphatic hydroxyl groups excluding tert-OH is 4. The van der Waals surface area contributed by atoms with Gasteiger partial charge in [-0.3, -0.25) is 9.59 Å². The molecular formula is C19H28O12. The number of carboxylic acids is 4. The van der Waals surface area contributed by atoms with Crippen molar-refractivity contribution >= 4 is 23.9 Å². The molecule has 31 heavy (non-hydrogen) atoms. The van der Waals surface area contributed by atoms with Crippen LogP contribution in [-0.4, -0.2) is 90.2 Å². The standard InChI is InChI=1S/C8H6O4.C6H10O4.C5H12O4/c9-7(10)5-1-2-6(4-3-5)8(11)12;7-5(8)3-1-2-4-6(9)10;6-2-4(8)1-5(9)3-7/h1-4H,(H,9,10)(H,11,12);1-4H2,(H,7,8)(H,9,10);4-9H,1-3H2. The molecule has 2 unspecified atom stereocenters. The molecule has 0 saturated carbocycles. The molecule has 0 amide bonds. The Morgan fingerprint density at radius 2 is 0.935 bits per heavy atom. The normalized spacial score (nSPS) is 11.6. The first-order valence-corrected chi connectivity index (χ1v) is 9.02. The Balaban J connectivity index is 0. The van der Waals surface area contributed by atoms with Crippen molar-refractivity contribution in [3.05, 3.63) is 35.4 Å². The highest BCUT2D eigenvalue weighted by molar-refractivity contribution is 5.91. The molecule has 2 atom stereocenters. The van der Waals surface area contributed by atoms with Gasteiger partial charge in [-0.15, -0.1) is 0 Å². The number of aliphatic hydroxyl groups is 4. The second kappa shape index (κ2) is 17.8. The molecule has 12 nitrogen and oxygen atoms in total. The fourth-order valence-corrected chi connectivity index (χ4v) is 1.77. The molecule has 1 aromatic rings. The second-order valence-electron chi connectivity index (χ2n) is 6.09. The van der Waals surface area contributed by atoms with Crippen molar-refractivity contribution in [1.82, 2.24) is 0 Å². The van der Waals surface area contributed by atoms with E-state index in [0.29, 0.717) is 12.8 Å². The maximum Gasteiger partial charge on any atom is 0.335 e. The number of carbonyl (C=O) groups is 4. The zero-order valence-electron chi connectivity index (χ0n) is 16.6. The number of carboxylic acid groups (broad SMARTS) is 4. The predicted octanol–water partition coefficient (Wildman–Crippen LogP) is -0.118. The molecule has 0 spiro atoms. The summed E-state index contributed by atoms with van der Waals surface area (Å²) in [6, 6.07) is 5.02. The summed E-state index contributed by atoms with van der Waals surface area (Å²) >= 11 is 0. The molecule has 0 aromatic heterocycles. The second-order valence-corrected chi connectivity index (χ2v) is 6.09. The molecule has 0 bridgehead atoms. The van der Waals surface area contributed by atoms with Crippen molar-refractivity contribution in [2.75, 3.05) is 13.2 Å². The third-order valence-electron chi connectivity index (χ3n) is 3.38. The van der Waals surface area contributed by atoms with Crippen LogP contribution in [-0.2, 0) is 9.59 Å². The van der Waals surface area contributed by atoms with Crippen LogP contribution in [0.1, 0.15) is 52.8 Å². The van der Waals surface area contributed by atoms with Gasteiger partial charge in [-0.25, -0.2) is 9.59 Å². The highest BCUT2D eigenvalue weighted by atomic mass is 16.4. The van der Waals surface area contributed by atoms with Gasteiger partial charge in [-0.05, 0) is 37.1 Å². The highest BCUT2D eigenvalue weighted by Crippen LogP contribution is 2.03. The van der Waals surface area contributed by atoms with Crippen molar-refractivity contribution < 1.29 is 60.0 Å². The van der Waals surface area contributed by atoms with E-state index in [1.54, 1.807) is 0 Å². The zero-order valence-corrected chi connectivity index (χ0v) is 16.6. The van der Waals surface area contributed by atoms with Gasteiger partial charge in [0.1, 0.15) is 0 Å². The molecular weight excluding hydrogens is 420 g/mol. The quantitative estimate of drug-likeness (QED) is 0.207. The lowest BCUT2D eigenvalue weighted by Gasteiger charge is -2.09. The van der Waals surface area contributed by atoms with Crippen LogP contribution in [0.5, 0.6) is 0 Å². The lowest BCUT2D eigenvalue weighted by atomic mass is 10.1. The molecule has 1 aromatic carbocycles. The topological polar surface area (TPSA) is 230 Å². The monoisotopic (exact) mass is 448 g/mol. The Morgan fingerprint density at radius 3 is 1.13 bits per heavy atom. The Hall–Kier alpha value is -3.06. The van der Waals surface area contributed by atoms with Crippen LogP contribution in [0, 0.1) is 0 Å². The van der Waals surface area contributed by atoms with Crippen molar-refractivity contribution in [1.29, 1.82) is 0 Å². The van der Waals surface area contributed by atoms with E-state index < -0.39 is 36.1 Å². The summed E-state index contributed by atoms with van der Waals surface area (Å²) in [5.74, 6) is -3.87. The van der Waals surface area contributed by atoms with E-state index >= 15 is 0 Å². The van der Waals surface area contributed by atoms with Crippen LogP contribution < -0.4 is 0 Å². The van der Waals surface area contributed by atoms with Gasteiger partial charge in [0, 0.05) is 19.3 Å². The van der Waals surface area contributed by atoms with E-state index in [1.165, 1.54) is 24.3 Å². The molecule has 0 fully saturated rings. The number of hydrogen-bond donors (Lipinski definition) is 8. The largest absolute Gasteiger partial charge is 0.481 e. The zero-order chi connectivity index (χ0) is 24.4. The van der Waals surface area contributed by atoms with E-state index in [0.717, 1.165) is 0 Å². The van der Waals surface area contributed by atoms with E-state index in [1.807, 2.05) is 0 Å². The van der Waals surface area contributed by atoms with Crippen LogP contribution in [0.3, 0.4) is 0 Å². The van der Waals surface area contributed by atoms with Crippen molar-refractivity contribution in [3.8, 4) is 0 Å². The number of aromatic carboxylic acids is 2. The molecule has 0 aliphatic carbocycles. The minimum Gasteiger partial charge on any atom is -0.481 e. The number of aliphatic carboxylic acids is 2. The minimum atomic E-state index is -1.06. The van der Waals surface area contributed by atoms with Crippen LogP contribution in [0.15, 0.2) is 24.3 Å². The Kier molecular flexibility index (Phi) is 17.3. The average Bonchev–Trinajstić information content (AvgIpc) is 2.71. The average molecular weight is 448 g/mol. The SMILES string of the molecule is O=C(O)CCCCC(=O)O.O=C(O)c1ccc(C(=O)O)cc1.OCC(O)CC(O)CO. The molecule has 0 saturated heterocycles. The third kappa shape index (κ3) is 18.7. The number of rotatable bonds is 11. The Morgan fingerprint density at radius 1 is 0.645 bits per heavy atom. The van der Waals surface area contributed by atoms with Crippen LogP contribution in [0.2, 0.25) is 0 Å². The number of benzene rings is 1. The predicted molar refractivity (Wildman–Crippen MR) is 105 cm³/mol. The van der Waals surface area contributed by atoms with Crippen molar-refractivity contribution in [3.63, 3.8) is 0 Å². The molecule has 1 rings (SSSR count). The summed E-state index contributed by atoms with van der Waals surface area (Å²) in [4.78, 5) is 40.5. The summed E-state index contributed by atoms with van der Waals surface area (Å²) in [7, 11) is 0. The smallest absolute Gasteiger partial charge is 0.335 e. The Labute approximate surface area is 177 Å². The van der Waals surface area contributed by atoms with Crippen molar-refractivity contribution in [2.45, 2.75) is 44.3 Å². The van der Waals surface area contributed by atoms with Crippen molar-refractivity contribution in [2.24, 2.45) is 0 Å². The highest BCUT2D eigenvalue weighted by Gasteiger charge is 2.08. The first-order chi connectivity index (χ1) is 14.4. The lowest BCUT2D eigenvalue weighted by Crippen LogP contribution is -2.23. The summed E-state index contributed by atoms with van der Waals surface area (Å²) < 4.78 is 0. The van der Waals surface area contributed by atoms with Gasteiger partial charge in [-0.2, -0.15) is 0 Å². The summed E-state index contributed by atoms with van der Waals surface area (Å²) in [6.07, 6.45) is -0.809. The van der Waals surface area contributed by atoms with E-state index in [4.69, 9.17) is 40.9 Å². The van der Waals surface area contributed by atoms with Gasteiger partial charge in [0.25, 0.3) is 0 Å². The summed E-state index contributed by atoms with van der Waals surface area (Å²) in [5.41, 5.74) is 0.167. The Bertz CT molecular complexity index is 614. The van der Waals surface area contributed by atoms with Gasteiger partial charge >= 0.3 is 23.9 Å². The fraction of sp³-hybridized carbons (Fsp3) is 0.474. The van der Waals surface area contributed by atoms with Gasteiger partial charge in [0.15, 0.2) is 0 Å². The van der Waals surface area contributed by atoms with Gasteiger partial charge in [-0.1, -0.05) is 0 Å². The van der Waals surface area contributed by atoms with E-state index in [2.05, 4.69) is 0 Å². The maximum absolute atomic E-state index is 10.3. The number of unbranched alkanes of at least 4 members (excludes halogenated alkanes) is 1. The minimum absolute atomic E-state index is 0.0208. The van der Waals surface area contributed by atoms with E-state index in [-0.39, 0.29) is 43.6 Å². The van der Waals surface area contributed by atoms with Gasteiger partial charge in [0.2, 0.25) is 0 Å². The maximum atomic E-state index is 10.3. The van der Waals surface area contributed by atoms with Crippen LogP contribution >= 0.6 is 0 Å². The summed E-state index contributed by atoms with van der Waals surface area (Å²) in [6.45, 7) is -0.756. The molecule has 8 N–H and O–H groups in total. The third-order valence-corrected chi connectivity index (χ3v) is 3.38. The molecule has 0 heterocycles. The summed E-state index contributed by atoms with van der Waals surface area (Å²) in [5, 5.41) is 66.9. The number of hydrogen-bond acceptors (Lipinski definition) is 8. The first kappa shape index (κ1) is 30.1. The lowest BCUT2D eigenvalue weighted by molar-refractivity contribution is -0.139. The molecule has 176 valence electrons. The molecule has 0 radical (unpaired) electrons. The van der Waals surface area contributed by atoms with Crippen LogP contribution in [0.4, 0.5) is 0 Å². The molecule has 0 aliphatic heterocycles.